The average molecular weight is 419 g/mol. The molecule has 162 valence electrons. The van der Waals surface area contributed by atoms with E-state index >= 15 is 0 Å². The second-order valence-corrected chi connectivity index (χ2v) is 8.07. The lowest BCUT2D eigenvalue weighted by molar-refractivity contribution is -0.173. The maximum atomic E-state index is 13.5. The van der Waals surface area contributed by atoms with Crippen molar-refractivity contribution in [1.82, 2.24) is 14.7 Å². The molecule has 0 bridgehead atoms. The van der Waals surface area contributed by atoms with Gasteiger partial charge in [0.1, 0.15) is 18.0 Å². The number of fused-ring (bicyclic) bond motifs is 1. The van der Waals surface area contributed by atoms with Crippen molar-refractivity contribution in [2.75, 3.05) is 32.8 Å². The summed E-state index contributed by atoms with van der Waals surface area (Å²) < 4.78 is 18.9. The van der Waals surface area contributed by atoms with Crippen molar-refractivity contribution < 1.29 is 28.6 Å². The van der Waals surface area contributed by atoms with E-state index in [4.69, 9.17) is 4.74 Å². The molecular formula is C21H26FN3O5. The number of benzene rings is 1. The van der Waals surface area contributed by atoms with Gasteiger partial charge in [-0.3, -0.25) is 14.5 Å². The van der Waals surface area contributed by atoms with Crippen LogP contribution in [0.4, 0.5) is 9.18 Å². The molecule has 1 N–H and O–H groups in total. The third kappa shape index (κ3) is 3.98. The van der Waals surface area contributed by atoms with Crippen LogP contribution >= 0.6 is 0 Å². The van der Waals surface area contributed by atoms with Crippen LogP contribution in [0, 0.1) is 11.7 Å². The number of piperazine rings is 1. The Morgan fingerprint density at radius 3 is 2.70 bits per heavy atom. The summed E-state index contributed by atoms with van der Waals surface area (Å²) >= 11 is 0. The molecule has 8 nitrogen and oxygen atoms in total. The Morgan fingerprint density at radius 1 is 1.23 bits per heavy atom. The van der Waals surface area contributed by atoms with Gasteiger partial charge in [-0.05, 0) is 42.9 Å². The Morgan fingerprint density at radius 2 is 2.00 bits per heavy atom. The first-order valence-corrected chi connectivity index (χ1v) is 10.4. The van der Waals surface area contributed by atoms with Crippen LogP contribution < -0.4 is 0 Å². The van der Waals surface area contributed by atoms with Gasteiger partial charge in [0.2, 0.25) is 11.8 Å². The van der Waals surface area contributed by atoms with E-state index in [0.29, 0.717) is 39.0 Å². The third-order valence-corrected chi connectivity index (χ3v) is 6.30. The number of halogens is 1. The first kappa shape index (κ1) is 20.6. The minimum absolute atomic E-state index is 0.0663. The standard InChI is InChI=1S/C21H26FN3O5/c22-16-3-1-2-14(12-16)4-8-23-13-17-24(21(28)29)9-5-18(26)25(17)19(20(23)27)15-6-10-30-11-7-15/h1-3,12,15,17,19H,4-11,13H2,(H,28,29)/t17-,19+/m1/s1. The van der Waals surface area contributed by atoms with Crippen molar-refractivity contribution in [2.24, 2.45) is 5.92 Å². The van der Waals surface area contributed by atoms with E-state index in [0.717, 1.165) is 5.56 Å². The van der Waals surface area contributed by atoms with Gasteiger partial charge in [-0.15, -0.1) is 0 Å². The molecule has 0 aliphatic carbocycles. The molecule has 3 amide bonds. The fraction of sp³-hybridized carbons (Fsp3) is 0.571. The van der Waals surface area contributed by atoms with E-state index < -0.39 is 18.3 Å². The lowest BCUT2D eigenvalue weighted by Crippen LogP contribution is -2.72. The summed E-state index contributed by atoms with van der Waals surface area (Å²) in [6, 6.07) is 5.54. The minimum Gasteiger partial charge on any atom is -0.465 e. The van der Waals surface area contributed by atoms with Gasteiger partial charge in [-0.25, -0.2) is 9.18 Å². The Bertz CT molecular complexity index is 829. The lowest BCUT2D eigenvalue weighted by atomic mass is 9.86. The highest BCUT2D eigenvalue weighted by Gasteiger charge is 2.51. The van der Waals surface area contributed by atoms with Gasteiger partial charge in [0.15, 0.2) is 0 Å². The summed E-state index contributed by atoms with van der Waals surface area (Å²) in [5.41, 5.74) is 0.766. The Hall–Kier alpha value is -2.68. The van der Waals surface area contributed by atoms with Crippen LogP contribution in [0.25, 0.3) is 0 Å². The molecule has 0 spiro atoms. The zero-order valence-corrected chi connectivity index (χ0v) is 16.7. The summed E-state index contributed by atoms with van der Waals surface area (Å²) in [6.07, 6.45) is 0.0520. The summed E-state index contributed by atoms with van der Waals surface area (Å²) in [6.45, 7) is 1.64. The third-order valence-electron chi connectivity index (χ3n) is 6.30. The van der Waals surface area contributed by atoms with Crippen molar-refractivity contribution in [3.63, 3.8) is 0 Å². The normalized spacial score (nSPS) is 25.4. The number of rotatable bonds is 4. The van der Waals surface area contributed by atoms with E-state index in [-0.39, 0.29) is 43.1 Å². The van der Waals surface area contributed by atoms with Gasteiger partial charge in [0, 0.05) is 32.7 Å². The molecule has 1 aromatic rings. The highest BCUT2D eigenvalue weighted by Crippen LogP contribution is 2.33. The number of carbonyl (C=O) groups excluding carboxylic acids is 2. The second-order valence-electron chi connectivity index (χ2n) is 8.07. The molecule has 9 heteroatoms. The Labute approximate surface area is 174 Å². The van der Waals surface area contributed by atoms with Crippen molar-refractivity contribution in [3.8, 4) is 0 Å². The van der Waals surface area contributed by atoms with Gasteiger partial charge in [-0.1, -0.05) is 12.1 Å². The number of hydrogen-bond acceptors (Lipinski definition) is 4. The van der Waals surface area contributed by atoms with Crippen LogP contribution in [-0.4, -0.2) is 82.8 Å². The number of ether oxygens (including phenoxy) is 1. The average Bonchev–Trinajstić information content (AvgIpc) is 2.73. The Kier molecular flexibility index (Phi) is 5.90. The quantitative estimate of drug-likeness (QED) is 0.800. The SMILES string of the molecule is O=C1[C@H](C2CCOCC2)N2C(=O)CCN(C(=O)O)[C@H]2CN1CCc1cccc(F)c1. The molecule has 0 aromatic heterocycles. The predicted molar refractivity (Wildman–Crippen MR) is 104 cm³/mol. The number of carbonyl (C=O) groups is 3. The summed E-state index contributed by atoms with van der Waals surface area (Å²) in [7, 11) is 0. The molecule has 0 unspecified atom stereocenters. The van der Waals surface area contributed by atoms with E-state index in [1.165, 1.54) is 21.9 Å². The number of amides is 3. The monoisotopic (exact) mass is 419 g/mol. The fourth-order valence-electron chi connectivity index (χ4n) is 4.77. The van der Waals surface area contributed by atoms with Crippen LogP contribution in [0.1, 0.15) is 24.8 Å². The molecule has 3 saturated heterocycles. The highest BCUT2D eigenvalue weighted by molar-refractivity contribution is 5.90. The van der Waals surface area contributed by atoms with Crippen LogP contribution in [0.3, 0.4) is 0 Å². The van der Waals surface area contributed by atoms with E-state index in [9.17, 15) is 23.9 Å². The van der Waals surface area contributed by atoms with E-state index in [1.807, 2.05) is 0 Å². The zero-order chi connectivity index (χ0) is 21.3. The molecular weight excluding hydrogens is 393 g/mol. The van der Waals surface area contributed by atoms with Crippen LogP contribution in [-0.2, 0) is 20.7 Å². The molecule has 4 rings (SSSR count). The summed E-state index contributed by atoms with van der Waals surface area (Å²) in [5.74, 6) is -0.732. The van der Waals surface area contributed by atoms with Gasteiger partial charge in [0.05, 0.1) is 6.54 Å². The molecule has 1 aromatic carbocycles. The van der Waals surface area contributed by atoms with Crippen molar-refractivity contribution in [1.29, 1.82) is 0 Å². The van der Waals surface area contributed by atoms with Gasteiger partial charge in [-0.2, -0.15) is 0 Å². The molecule has 0 saturated carbocycles. The highest BCUT2D eigenvalue weighted by atomic mass is 19.1. The molecule has 0 radical (unpaired) electrons. The van der Waals surface area contributed by atoms with E-state index in [1.54, 1.807) is 17.0 Å². The lowest BCUT2D eigenvalue weighted by Gasteiger charge is -2.53. The molecule has 3 aliphatic rings. The van der Waals surface area contributed by atoms with Gasteiger partial charge >= 0.3 is 6.09 Å². The molecule has 2 atom stereocenters. The topological polar surface area (TPSA) is 90.4 Å². The molecule has 3 aliphatic heterocycles. The largest absolute Gasteiger partial charge is 0.465 e. The van der Waals surface area contributed by atoms with Crippen LogP contribution in [0.2, 0.25) is 0 Å². The van der Waals surface area contributed by atoms with Gasteiger partial charge < -0.3 is 19.6 Å². The number of carboxylic acid groups (broad SMARTS) is 1. The second kappa shape index (κ2) is 8.59. The number of nitrogens with zero attached hydrogens (tertiary/aromatic N) is 3. The summed E-state index contributed by atoms with van der Waals surface area (Å²) in [5, 5.41) is 9.67. The predicted octanol–water partition coefficient (Wildman–Crippen LogP) is 1.54. The van der Waals surface area contributed by atoms with Crippen LogP contribution in [0.5, 0.6) is 0 Å². The van der Waals surface area contributed by atoms with E-state index in [2.05, 4.69) is 0 Å². The molecule has 30 heavy (non-hydrogen) atoms. The van der Waals surface area contributed by atoms with Crippen molar-refractivity contribution >= 4 is 17.9 Å². The fourth-order valence-corrected chi connectivity index (χ4v) is 4.77. The number of hydrogen-bond donors (Lipinski definition) is 1. The Balaban J connectivity index is 1.60. The smallest absolute Gasteiger partial charge is 0.409 e. The first-order chi connectivity index (χ1) is 14.5. The van der Waals surface area contributed by atoms with Crippen molar-refractivity contribution in [2.45, 2.75) is 37.9 Å². The summed E-state index contributed by atoms with van der Waals surface area (Å²) in [4.78, 5) is 42.5. The molecule has 3 fully saturated rings. The minimum atomic E-state index is -1.09. The maximum absolute atomic E-state index is 13.5. The van der Waals surface area contributed by atoms with Crippen molar-refractivity contribution in [3.05, 3.63) is 35.6 Å². The first-order valence-electron chi connectivity index (χ1n) is 10.4. The zero-order valence-electron chi connectivity index (χ0n) is 16.7. The maximum Gasteiger partial charge on any atom is 0.409 e. The molecule has 3 heterocycles. The van der Waals surface area contributed by atoms with Gasteiger partial charge in [0.25, 0.3) is 0 Å². The van der Waals surface area contributed by atoms with Crippen LogP contribution in [0.15, 0.2) is 24.3 Å².